The molecule has 8 heteroatoms. The second-order valence-corrected chi connectivity index (χ2v) is 4.25. The van der Waals surface area contributed by atoms with Gasteiger partial charge in [-0.2, -0.15) is 0 Å². The van der Waals surface area contributed by atoms with Gasteiger partial charge >= 0.3 is 5.97 Å². The molecule has 3 N–H and O–H groups in total. The van der Waals surface area contributed by atoms with Gasteiger partial charge < -0.3 is 9.72 Å². The lowest BCUT2D eigenvalue weighted by molar-refractivity contribution is -0.119. The van der Waals surface area contributed by atoms with Crippen molar-refractivity contribution in [3.8, 4) is 0 Å². The summed E-state index contributed by atoms with van der Waals surface area (Å²) in [5.41, 5.74) is 5.81. The zero-order valence-corrected chi connectivity index (χ0v) is 12.2. The highest BCUT2D eigenvalue weighted by molar-refractivity contribution is 6.27. The molecule has 0 bridgehead atoms. The number of rotatable bonds is 4. The summed E-state index contributed by atoms with van der Waals surface area (Å²) in [7, 11) is 0. The molecule has 20 heavy (non-hydrogen) atoms. The Bertz CT molecular complexity index is 539. The number of halogens is 1. The number of ether oxygens (including phenoxy) is 1. The molecule has 0 radical (unpaired) electrons. The quantitative estimate of drug-likeness (QED) is 0.435. The van der Waals surface area contributed by atoms with Crippen molar-refractivity contribution < 1.29 is 19.1 Å². The topological polar surface area (TPSA) is 100 Å². The Morgan fingerprint density at radius 2 is 1.90 bits per heavy atom. The first kappa shape index (κ1) is 16.0. The molecule has 0 spiro atoms. The Hall–Kier alpha value is -2.02. The highest BCUT2D eigenvalue weighted by atomic mass is 35.5. The Balaban J connectivity index is 2.92. The maximum absolute atomic E-state index is 11.9. The summed E-state index contributed by atoms with van der Waals surface area (Å²) >= 11 is 5.29. The number of H-pyrrole nitrogens is 1. The summed E-state index contributed by atoms with van der Waals surface area (Å²) in [4.78, 5) is 37.4. The van der Waals surface area contributed by atoms with E-state index < -0.39 is 17.8 Å². The molecule has 0 saturated heterocycles. The largest absolute Gasteiger partial charge is 0.462 e. The summed E-state index contributed by atoms with van der Waals surface area (Å²) in [5, 5.41) is 0. The van der Waals surface area contributed by atoms with Crippen molar-refractivity contribution in [2.75, 3.05) is 12.5 Å². The van der Waals surface area contributed by atoms with Gasteiger partial charge in [-0.25, -0.2) is 4.79 Å². The fourth-order valence-corrected chi connectivity index (χ4v) is 1.78. The average molecular weight is 302 g/mol. The minimum Gasteiger partial charge on any atom is -0.462 e. The van der Waals surface area contributed by atoms with Crippen molar-refractivity contribution in [2.45, 2.75) is 20.8 Å². The molecule has 0 fully saturated rings. The molecule has 0 aliphatic carbocycles. The van der Waals surface area contributed by atoms with E-state index in [1.54, 1.807) is 20.8 Å². The first-order valence-electron chi connectivity index (χ1n) is 5.93. The predicted octanol–water partition coefficient (Wildman–Crippen LogP) is 0.808. The summed E-state index contributed by atoms with van der Waals surface area (Å²) in [6.45, 7) is 5.22. The maximum Gasteiger partial charge on any atom is 0.340 e. The number of hydrogen-bond acceptors (Lipinski definition) is 4. The summed E-state index contributed by atoms with van der Waals surface area (Å²) < 4.78 is 4.92. The van der Waals surface area contributed by atoms with Gasteiger partial charge in [0.05, 0.1) is 12.2 Å². The first-order chi connectivity index (χ1) is 9.42. The van der Waals surface area contributed by atoms with Crippen LogP contribution >= 0.6 is 11.6 Å². The van der Waals surface area contributed by atoms with E-state index in [9.17, 15) is 14.4 Å². The number of esters is 1. The van der Waals surface area contributed by atoms with Crippen molar-refractivity contribution in [1.82, 2.24) is 15.8 Å². The van der Waals surface area contributed by atoms with Crippen LogP contribution in [-0.2, 0) is 9.53 Å². The molecule has 2 amide bonds. The van der Waals surface area contributed by atoms with E-state index in [2.05, 4.69) is 15.8 Å². The third kappa shape index (κ3) is 3.51. The van der Waals surface area contributed by atoms with Crippen molar-refractivity contribution in [3.63, 3.8) is 0 Å². The SMILES string of the molecule is CCOC(=O)c1c(C)[nH]c(C(=O)NNC(=O)CCl)c1C. The van der Waals surface area contributed by atoms with Crippen LogP contribution in [-0.4, -0.2) is 35.3 Å². The molecule has 7 nitrogen and oxygen atoms in total. The van der Waals surface area contributed by atoms with Crippen molar-refractivity contribution in [3.05, 3.63) is 22.5 Å². The second-order valence-electron chi connectivity index (χ2n) is 3.98. The van der Waals surface area contributed by atoms with Crippen molar-refractivity contribution in [2.24, 2.45) is 0 Å². The Morgan fingerprint density at radius 1 is 1.25 bits per heavy atom. The van der Waals surface area contributed by atoms with Gasteiger partial charge in [0.15, 0.2) is 0 Å². The van der Waals surface area contributed by atoms with Crippen molar-refractivity contribution in [1.29, 1.82) is 0 Å². The van der Waals surface area contributed by atoms with Crippen LogP contribution in [0.4, 0.5) is 0 Å². The Kier molecular flexibility index (Phi) is 5.57. The van der Waals surface area contributed by atoms with Crippen LogP contribution in [0.25, 0.3) is 0 Å². The highest BCUT2D eigenvalue weighted by Gasteiger charge is 2.22. The van der Waals surface area contributed by atoms with E-state index in [1.165, 1.54) is 0 Å². The predicted molar refractivity (Wildman–Crippen MR) is 72.6 cm³/mol. The molecule has 0 saturated carbocycles. The molecule has 110 valence electrons. The zero-order valence-electron chi connectivity index (χ0n) is 11.4. The van der Waals surface area contributed by atoms with Gasteiger partial charge in [-0.15, -0.1) is 11.6 Å². The first-order valence-corrected chi connectivity index (χ1v) is 6.47. The lowest BCUT2D eigenvalue weighted by atomic mass is 10.1. The van der Waals surface area contributed by atoms with Gasteiger partial charge in [0.2, 0.25) is 0 Å². The lowest BCUT2D eigenvalue weighted by Gasteiger charge is -2.05. The minimum atomic E-state index is -0.570. The van der Waals surface area contributed by atoms with Gasteiger partial charge in [-0.1, -0.05) is 0 Å². The van der Waals surface area contributed by atoms with Crippen LogP contribution in [0, 0.1) is 13.8 Å². The number of hydrazine groups is 1. The number of alkyl halides is 1. The molecule has 1 aromatic rings. The maximum atomic E-state index is 11.9. The number of aromatic nitrogens is 1. The molecule has 0 aliphatic rings. The van der Waals surface area contributed by atoms with E-state index in [-0.39, 0.29) is 18.2 Å². The molecule has 0 aromatic carbocycles. The second kappa shape index (κ2) is 6.95. The molecule has 0 atom stereocenters. The average Bonchev–Trinajstić information content (AvgIpc) is 2.71. The van der Waals surface area contributed by atoms with E-state index in [1.807, 2.05) is 0 Å². The third-order valence-corrected chi connectivity index (χ3v) is 2.82. The summed E-state index contributed by atoms with van der Waals surface area (Å²) in [6, 6.07) is 0. The van der Waals surface area contributed by atoms with Gasteiger partial charge in [-0.05, 0) is 26.3 Å². The van der Waals surface area contributed by atoms with Crippen LogP contribution in [0.3, 0.4) is 0 Å². The zero-order chi connectivity index (χ0) is 15.3. The number of carbonyl (C=O) groups is 3. The fraction of sp³-hybridized carbons (Fsp3) is 0.417. The van der Waals surface area contributed by atoms with Crippen LogP contribution in [0.1, 0.15) is 39.0 Å². The number of carbonyl (C=O) groups excluding carboxylic acids is 3. The van der Waals surface area contributed by atoms with E-state index in [4.69, 9.17) is 16.3 Å². The molecule has 1 rings (SSSR count). The normalized spacial score (nSPS) is 10.0. The number of hydrogen-bond donors (Lipinski definition) is 3. The molecule has 1 aromatic heterocycles. The third-order valence-electron chi connectivity index (χ3n) is 2.58. The Morgan fingerprint density at radius 3 is 2.45 bits per heavy atom. The van der Waals surface area contributed by atoms with Gasteiger partial charge in [0, 0.05) is 5.69 Å². The van der Waals surface area contributed by atoms with E-state index in [0.717, 1.165) is 0 Å². The number of nitrogens with one attached hydrogen (secondary N) is 3. The van der Waals surface area contributed by atoms with Crippen LogP contribution < -0.4 is 10.9 Å². The molecular formula is C12H16ClN3O4. The lowest BCUT2D eigenvalue weighted by Crippen LogP contribution is -2.42. The van der Waals surface area contributed by atoms with Crippen LogP contribution in [0.15, 0.2) is 0 Å². The van der Waals surface area contributed by atoms with Crippen LogP contribution in [0.2, 0.25) is 0 Å². The van der Waals surface area contributed by atoms with Gasteiger partial charge in [0.1, 0.15) is 11.6 Å². The number of aryl methyl sites for hydroxylation is 1. The Labute approximate surface area is 121 Å². The fourth-order valence-electron chi connectivity index (χ4n) is 1.71. The van der Waals surface area contributed by atoms with E-state index in [0.29, 0.717) is 16.8 Å². The number of amides is 2. The monoisotopic (exact) mass is 301 g/mol. The summed E-state index contributed by atoms with van der Waals surface area (Å²) in [6.07, 6.45) is 0. The highest BCUT2D eigenvalue weighted by Crippen LogP contribution is 2.18. The molecule has 0 unspecified atom stereocenters. The van der Waals surface area contributed by atoms with E-state index >= 15 is 0 Å². The molecular weight excluding hydrogens is 286 g/mol. The van der Waals surface area contributed by atoms with Gasteiger partial charge in [0.25, 0.3) is 11.8 Å². The smallest absolute Gasteiger partial charge is 0.340 e. The number of aromatic amines is 1. The van der Waals surface area contributed by atoms with Gasteiger partial charge in [-0.3, -0.25) is 20.4 Å². The molecule has 0 aliphatic heterocycles. The minimum absolute atomic E-state index is 0.181. The molecule has 1 heterocycles. The standard InChI is InChI=1S/C12H16ClN3O4/c1-4-20-12(19)9-6(2)10(14-7(9)3)11(18)16-15-8(17)5-13/h14H,4-5H2,1-3H3,(H,15,17)(H,16,18). The van der Waals surface area contributed by atoms with Crippen molar-refractivity contribution >= 4 is 29.4 Å². The summed E-state index contributed by atoms with van der Waals surface area (Å²) in [5.74, 6) is -1.87. The van der Waals surface area contributed by atoms with Crippen LogP contribution in [0.5, 0.6) is 0 Å².